The Morgan fingerprint density at radius 2 is 1.93 bits per heavy atom. The van der Waals surface area contributed by atoms with E-state index in [1.807, 2.05) is 18.4 Å². The van der Waals surface area contributed by atoms with Gasteiger partial charge in [-0.1, -0.05) is 30.3 Å². The molecule has 0 aliphatic carbocycles. The zero-order chi connectivity index (χ0) is 19.1. The van der Waals surface area contributed by atoms with E-state index in [2.05, 4.69) is 87.4 Å². The maximum atomic E-state index is 4.44. The molecular formula is C21H31N5S. The third kappa shape index (κ3) is 5.47. The maximum Gasteiger partial charge on any atom is 0.191 e. The second kappa shape index (κ2) is 9.76. The first-order valence-electron chi connectivity index (χ1n) is 9.64. The van der Waals surface area contributed by atoms with Crippen molar-refractivity contribution in [2.24, 2.45) is 4.99 Å². The Hall–Kier alpha value is -2.05. The van der Waals surface area contributed by atoms with E-state index in [0.29, 0.717) is 12.1 Å². The van der Waals surface area contributed by atoms with Crippen molar-refractivity contribution in [2.75, 3.05) is 45.7 Å². The maximum absolute atomic E-state index is 4.44. The number of nitrogens with one attached hydrogen (secondary N) is 2. The van der Waals surface area contributed by atoms with Crippen molar-refractivity contribution in [1.29, 1.82) is 0 Å². The van der Waals surface area contributed by atoms with Crippen LogP contribution in [0.1, 0.15) is 24.4 Å². The number of thiophene rings is 1. The summed E-state index contributed by atoms with van der Waals surface area (Å²) in [6.07, 6.45) is 2.27. The molecule has 146 valence electrons. The van der Waals surface area contributed by atoms with Gasteiger partial charge < -0.3 is 20.4 Å². The van der Waals surface area contributed by atoms with Crippen LogP contribution in [-0.4, -0.2) is 57.7 Å². The van der Waals surface area contributed by atoms with Crippen LogP contribution in [0.25, 0.3) is 0 Å². The van der Waals surface area contributed by atoms with Crippen LogP contribution in [0.4, 0.5) is 5.00 Å². The van der Waals surface area contributed by atoms with Gasteiger partial charge in [0.1, 0.15) is 0 Å². The van der Waals surface area contributed by atoms with Crippen LogP contribution in [0.5, 0.6) is 0 Å². The van der Waals surface area contributed by atoms with Gasteiger partial charge in [0.25, 0.3) is 0 Å². The van der Waals surface area contributed by atoms with Crippen molar-refractivity contribution in [3.63, 3.8) is 0 Å². The number of nitrogens with zero attached hydrogens (tertiary/aromatic N) is 3. The van der Waals surface area contributed by atoms with E-state index < -0.39 is 0 Å². The average molecular weight is 386 g/mol. The lowest BCUT2D eigenvalue weighted by atomic mass is 10.1. The van der Waals surface area contributed by atoms with Crippen molar-refractivity contribution in [1.82, 2.24) is 15.5 Å². The van der Waals surface area contributed by atoms with Gasteiger partial charge in [0.05, 0.1) is 11.0 Å². The zero-order valence-electron chi connectivity index (χ0n) is 16.6. The van der Waals surface area contributed by atoms with E-state index in [0.717, 1.165) is 38.4 Å². The minimum absolute atomic E-state index is 0.311. The molecule has 27 heavy (non-hydrogen) atoms. The first-order chi connectivity index (χ1) is 13.2. The lowest BCUT2D eigenvalue weighted by Crippen LogP contribution is -2.49. The molecule has 1 aromatic carbocycles. The van der Waals surface area contributed by atoms with Crippen molar-refractivity contribution >= 4 is 22.3 Å². The number of benzene rings is 1. The number of likely N-dealkylation sites (N-methyl/N-ethyl adjacent to an activating group) is 1. The number of aliphatic imine (C=N–C) groups is 1. The molecule has 0 bridgehead atoms. The van der Waals surface area contributed by atoms with Crippen LogP contribution in [-0.2, 0) is 0 Å². The van der Waals surface area contributed by atoms with Crippen LogP contribution in [0.3, 0.4) is 0 Å². The Balaban J connectivity index is 1.49. The highest BCUT2D eigenvalue weighted by Crippen LogP contribution is 2.24. The molecule has 6 heteroatoms. The number of hydrogen-bond acceptors (Lipinski definition) is 4. The third-order valence-corrected chi connectivity index (χ3v) is 6.08. The predicted octanol–water partition coefficient (Wildman–Crippen LogP) is 3.18. The van der Waals surface area contributed by atoms with Gasteiger partial charge in [0, 0.05) is 32.7 Å². The summed E-state index contributed by atoms with van der Waals surface area (Å²) in [5.41, 5.74) is 1.31. The molecule has 0 radical (unpaired) electrons. The second-order valence-electron chi connectivity index (χ2n) is 7.20. The number of piperidine rings is 1. The van der Waals surface area contributed by atoms with Crippen LogP contribution >= 0.6 is 11.3 Å². The van der Waals surface area contributed by atoms with E-state index >= 15 is 0 Å². The molecule has 1 aromatic heterocycles. The van der Waals surface area contributed by atoms with Crippen molar-refractivity contribution in [3.05, 3.63) is 53.4 Å². The molecule has 0 saturated carbocycles. The normalized spacial score (nSPS) is 17.2. The molecule has 1 unspecified atom stereocenters. The van der Waals surface area contributed by atoms with Crippen LogP contribution in [0.2, 0.25) is 0 Å². The SMILES string of the molecule is CN=C(NCC(c1ccccc1)N(C)C)NC1CCN(c2cccs2)CC1. The summed E-state index contributed by atoms with van der Waals surface area (Å²) < 4.78 is 0. The fourth-order valence-electron chi connectivity index (χ4n) is 3.55. The van der Waals surface area contributed by atoms with Crippen molar-refractivity contribution in [2.45, 2.75) is 24.9 Å². The lowest BCUT2D eigenvalue weighted by molar-refractivity contribution is 0.297. The van der Waals surface area contributed by atoms with E-state index in [1.54, 1.807) is 0 Å². The molecule has 2 aromatic rings. The minimum Gasteiger partial charge on any atom is -0.363 e. The van der Waals surface area contributed by atoms with E-state index in [9.17, 15) is 0 Å². The molecule has 5 nitrogen and oxygen atoms in total. The highest BCUT2D eigenvalue weighted by Gasteiger charge is 2.21. The lowest BCUT2D eigenvalue weighted by Gasteiger charge is -2.34. The van der Waals surface area contributed by atoms with Gasteiger partial charge >= 0.3 is 0 Å². The number of guanidine groups is 1. The molecule has 1 aliphatic rings. The quantitative estimate of drug-likeness (QED) is 0.592. The van der Waals surface area contributed by atoms with Gasteiger partial charge in [-0.05, 0) is 50.0 Å². The Kier molecular flexibility index (Phi) is 7.12. The molecule has 2 N–H and O–H groups in total. The fourth-order valence-corrected chi connectivity index (χ4v) is 4.33. The topological polar surface area (TPSA) is 42.9 Å². The summed E-state index contributed by atoms with van der Waals surface area (Å²) in [6, 6.07) is 15.7. The van der Waals surface area contributed by atoms with E-state index in [1.165, 1.54) is 10.6 Å². The van der Waals surface area contributed by atoms with Gasteiger partial charge in [0.2, 0.25) is 0 Å². The summed E-state index contributed by atoms with van der Waals surface area (Å²) in [7, 11) is 6.09. The Bertz CT molecular complexity index is 691. The number of hydrogen-bond donors (Lipinski definition) is 2. The molecule has 1 aliphatic heterocycles. The van der Waals surface area contributed by atoms with Gasteiger partial charge in [-0.25, -0.2) is 0 Å². The van der Waals surface area contributed by atoms with Gasteiger partial charge in [-0.3, -0.25) is 4.99 Å². The second-order valence-corrected chi connectivity index (χ2v) is 8.13. The fraction of sp³-hybridized carbons (Fsp3) is 0.476. The summed E-state index contributed by atoms with van der Waals surface area (Å²) in [5.74, 6) is 0.896. The van der Waals surface area contributed by atoms with Gasteiger partial charge in [-0.15, -0.1) is 11.3 Å². The van der Waals surface area contributed by atoms with E-state index in [-0.39, 0.29) is 0 Å². The molecule has 0 amide bonds. The Morgan fingerprint density at radius 3 is 2.52 bits per heavy atom. The van der Waals surface area contributed by atoms with Gasteiger partial charge in [0.15, 0.2) is 5.96 Å². The number of rotatable bonds is 6. The first kappa shape index (κ1) is 19.7. The Labute approximate surface area is 167 Å². The highest BCUT2D eigenvalue weighted by molar-refractivity contribution is 7.14. The van der Waals surface area contributed by atoms with Crippen LogP contribution in [0.15, 0.2) is 52.8 Å². The smallest absolute Gasteiger partial charge is 0.191 e. The molecule has 1 atom stereocenters. The van der Waals surface area contributed by atoms with Crippen molar-refractivity contribution in [3.8, 4) is 0 Å². The van der Waals surface area contributed by atoms with Crippen LogP contribution in [0, 0.1) is 0 Å². The molecule has 2 heterocycles. The molecular weight excluding hydrogens is 354 g/mol. The monoisotopic (exact) mass is 385 g/mol. The van der Waals surface area contributed by atoms with Gasteiger partial charge in [-0.2, -0.15) is 0 Å². The largest absolute Gasteiger partial charge is 0.363 e. The van der Waals surface area contributed by atoms with E-state index in [4.69, 9.17) is 0 Å². The third-order valence-electron chi connectivity index (χ3n) is 5.15. The summed E-state index contributed by atoms with van der Waals surface area (Å²) in [4.78, 5) is 9.17. The Morgan fingerprint density at radius 1 is 1.19 bits per heavy atom. The van der Waals surface area contributed by atoms with Crippen LogP contribution < -0.4 is 15.5 Å². The predicted molar refractivity (Wildman–Crippen MR) is 117 cm³/mol. The summed E-state index contributed by atoms with van der Waals surface area (Å²) >= 11 is 1.83. The minimum atomic E-state index is 0.311. The molecule has 1 saturated heterocycles. The first-order valence-corrected chi connectivity index (χ1v) is 10.5. The molecule has 1 fully saturated rings. The zero-order valence-corrected chi connectivity index (χ0v) is 17.4. The summed E-state index contributed by atoms with van der Waals surface area (Å²) in [6.45, 7) is 3.02. The number of anilines is 1. The molecule has 0 spiro atoms. The van der Waals surface area contributed by atoms with Crippen molar-refractivity contribution < 1.29 is 0 Å². The standard InChI is InChI=1S/C21H31N5S/c1-22-21(23-16-19(25(2)3)17-8-5-4-6-9-17)24-18-11-13-26(14-12-18)20-10-7-15-27-20/h4-10,15,18-19H,11-14,16H2,1-3H3,(H2,22,23,24). The highest BCUT2D eigenvalue weighted by atomic mass is 32.1. The average Bonchev–Trinajstić information content (AvgIpc) is 3.23. The summed E-state index contributed by atoms with van der Waals surface area (Å²) in [5, 5.41) is 10.7. The molecule has 3 rings (SSSR count).